The van der Waals surface area contributed by atoms with Crippen LogP contribution in [-0.4, -0.2) is 23.6 Å². The number of pyridine rings is 1. The Morgan fingerprint density at radius 3 is 2.84 bits per heavy atom. The van der Waals surface area contributed by atoms with E-state index in [1.54, 1.807) is 10.6 Å². The Morgan fingerprint density at radius 2 is 2.08 bits per heavy atom. The number of esters is 1. The lowest BCUT2D eigenvalue weighted by atomic mass is 9.90. The summed E-state index contributed by atoms with van der Waals surface area (Å²) in [7, 11) is 0. The molecule has 0 unspecified atom stereocenters. The summed E-state index contributed by atoms with van der Waals surface area (Å²) in [6, 6.07) is 9.73. The molecule has 0 aliphatic carbocycles. The zero-order valence-corrected chi connectivity index (χ0v) is 14.5. The van der Waals surface area contributed by atoms with Gasteiger partial charge in [-0.1, -0.05) is 31.2 Å². The zero-order valence-electron chi connectivity index (χ0n) is 14.5. The molecular weight excluding hydrogens is 316 g/mol. The molecule has 25 heavy (non-hydrogen) atoms. The van der Waals surface area contributed by atoms with Crippen LogP contribution < -0.4 is 10.9 Å². The Kier molecular flexibility index (Phi) is 5.66. The van der Waals surface area contributed by atoms with Gasteiger partial charge in [-0.2, -0.15) is 0 Å². The topological polar surface area (TPSA) is 60.3 Å². The number of allylic oxidation sites excluding steroid dienone is 1. The largest absolute Gasteiger partial charge is 0.441 e. The smallest absolute Gasteiger partial charge is 0.332 e. The van der Waals surface area contributed by atoms with Crippen LogP contribution in [0.5, 0.6) is 0 Å². The summed E-state index contributed by atoms with van der Waals surface area (Å²) in [5, 5.41) is 4.33. The number of piperidine rings is 1. The molecule has 5 nitrogen and oxygen atoms in total. The van der Waals surface area contributed by atoms with Crippen molar-refractivity contribution in [1.82, 2.24) is 9.88 Å². The number of fused-ring (bicyclic) bond motifs is 1. The third kappa shape index (κ3) is 3.99. The summed E-state index contributed by atoms with van der Waals surface area (Å²) in [5.74, 6) is -0.176. The van der Waals surface area contributed by atoms with Crippen LogP contribution >= 0.6 is 0 Å². The van der Waals surface area contributed by atoms with Crippen molar-refractivity contribution < 1.29 is 9.53 Å². The highest BCUT2D eigenvalue weighted by Gasteiger charge is 2.20. The molecule has 5 heteroatoms. The molecule has 0 bridgehead atoms. The number of nitrogens with zero attached hydrogens (tertiary/aromatic N) is 1. The van der Waals surface area contributed by atoms with Crippen molar-refractivity contribution in [3.05, 3.63) is 58.4 Å². The van der Waals surface area contributed by atoms with E-state index in [1.165, 1.54) is 6.08 Å². The number of ether oxygens (including phenoxy) is 1. The zero-order chi connectivity index (χ0) is 17.6. The lowest BCUT2D eigenvalue weighted by molar-refractivity contribution is -0.141. The fourth-order valence-electron chi connectivity index (χ4n) is 3.29. The van der Waals surface area contributed by atoms with Gasteiger partial charge in [-0.15, -0.1) is 0 Å². The van der Waals surface area contributed by atoms with E-state index in [-0.39, 0.29) is 18.2 Å². The van der Waals surface area contributed by atoms with E-state index < -0.39 is 5.97 Å². The van der Waals surface area contributed by atoms with E-state index in [0.717, 1.165) is 48.8 Å². The highest BCUT2D eigenvalue weighted by atomic mass is 16.5. The number of benzene rings is 1. The molecule has 0 spiro atoms. The molecule has 3 rings (SSSR count). The lowest BCUT2D eigenvalue weighted by Gasteiger charge is -2.23. The van der Waals surface area contributed by atoms with Crippen LogP contribution in [0.3, 0.4) is 0 Å². The first-order valence-corrected chi connectivity index (χ1v) is 8.87. The van der Waals surface area contributed by atoms with Gasteiger partial charge in [0.15, 0.2) is 6.73 Å². The van der Waals surface area contributed by atoms with Crippen LogP contribution in [0.1, 0.15) is 37.7 Å². The molecule has 1 aromatic heterocycles. The maximum absolute atomic E-state index is 13.0. The Labute approximate surface area is 147 Å². The second kappa shape index (κ2) is 8.12. The summed E-state index contributed by atoms with van der Waals surface area (Å²) < 4.78 is 6.86. The van der Waals surface area contributed by atoms with Gasteiger partial charge < -0.3 is 10.1 Å². The molecule has 0 amide bonds. The van der Waals surface area contributed by atoms with Gasteiger partial charge in [0, 0.05) is 11.6 Å². The van der Waals surface area contributed by atoms with Crippen molar-refractivity contribution in [2.24, 2.45) is 0 Å². The quantitative estimate of drug-likeness (QED) is 0.671. The molecule has 2 heterocycles. The number of hydrogen-bond donors (Lipinski definition) is 1. The fourth-order valence-corrected chi connectivity index (χ4v) is 3.29. The van der Waals surface area contributed by atoms with E-state index in [1.807, 2.05) is 37.3 Å². The highest BCUT2D eigenvalue weighted by molar-refractivity contribution is 5.82. The third-order valence-electron chi connectivity index (χ3n) is 4.64. The molecule has 1 aliphatic rings. The number of rotatable bonds is 5. The predicted octanol–water partition coefficient (Wildman–Crippen LogP) is 2.94. The van der Waals surface area contributed by atoms with E-state index in [4.69, 9.17) is 4.74 Å². The highest BCUT2D eigenvalue weighted by Crippen LogP contribution is 2.25. The summed E-state index contributed by atoms with van der Waals surface area (Å²) in [6.07, 6.45) is 5.82. The first-order chi connectivity index (χ1) is 12.2. The minimum absolute atomic E-state index is 0.0575. The second-order valence-corrected chi connectivity index (χ2v) is 6.32. The number of aromatic nitrogens is 1. The average Bonchev–Trinajstić information content (AvgIpc) is 2.66. The molecule has 1 fully saturated rings. The number of hydrogen-bond acceptors (Lipinski definition) is 4. The molecule has 2 aromatic rings. The van der Waals surface area contributed by atoms with Crippen LogP contribution in [0.15, 0.2) is 47.3 Å². The van der Waals surface area contributed by atoms with Gasteiger partial charge in [0.25, 0.3) is 5.56 Å². The molecule has 0 atom stereocenters. The van der Waals surface area contributed by atoms with Crippen molar-refractivity contribution in [1.29, 1.82) is 0 Å². The first kappa shape index (κ1) is 17.4. The summed E-state index contributed by atoms with van der Waals surface area (Å²) in [4.78, 5) is 24.8. The van der Waals surface area contributed by atoms with Gasteiger partial charge >= 0.3 is 5.97 Å². The maximum atomic E-state index is 13.0. The first-order valence-electron chi connectivity index (χ1n) is 8.87. The van der Waals surface area contributed by atoms with Gasteiger partial charge in [0.2, 0.25) is 0 Å². The normalized spacial score (nSPS) is 15.7. The lowest BCUT2D eigenvalue weighted by Crippen LogP contribution is -2.32. The van der Waals surface area contributed by atoms with Crippen LogP contribution in [-0.2, 0) is 16.3 Å². The molecule has 0 radical (unpaired) electrons. The Morgan fingerprint density at radius 1 is 1.32 bits per heavy atom. The van der Waals surface area contributed by atoms with E-state index in [0.29, 0.717) is 0 Å². The molecule has 1 N–H and O–H groups in total. The molecule has 1 aromatic carbocycles. The predicted molar refractivity (Wildman–Crippen MR) is 98.6 cm³/mol. The van der Waals surface area contributed by atoms with Crippen LogP contribution in [0.25, 0.3) is 10.9 Å². The van der Waals surface area contributed by atoms with E-state index >= 15 is 0 Å². The second-order valence-electron chi connectivity index (χ2n) is 6.32. The van der Waals surface area contributed by atoms with Crippen molar-refractivity contribution in [3.63, 3.8) is 0 Å². The maximum Gasteiger partial charge on any atom is 0.332 e. The Hall–Kier alpha value is -2.40. The van der Waals surface area contributed by atoms with Crippen molar-refractivity contribution in [2.45, 2.75) is 38.8 Å². The van der Waals surface area contributed by atoms with Crippen LogP contribution in [0.4, 0.5) is 0 Å². The number of para-hydroxylation sites is 1. The van der Waals surface area contributed by atoms with Gasteiger partial charge in [-0.25, -0.2) is 4.79 Å². The Bertz CT molecular complexity index is 832. The number of carbonyl (C=O) groups is 1. The standard InChI is InChI=1S/C20H24N2O3/c1-2-3-8-19(23)25-14-22-18-7-5-4-6-16(18)13-17(20(22)24)15-9-11-21-12-10-15/h3-8,13,15,21H,2,9-12,14H2,1H3. The van der Waals surface area contributed by atoms with Crippen molar-refractivity contribution >= 4 is 16.9 Å². The fraction of sp³-hybridized carbons (Fsp3) is 0.400. The summed E-state index contributed by atoms with van der Waals surface area (Å²) >= 11 is 0. The van der Waals surface area contributed by atoms with E-state index in [2.05, 4.69) is 5.32 Å². The van der Waals surface area contributed by atoms with E-state index in [9.17, 15) is 9.59 Å². The van der Waals surface area contributed by atoms with Crippen molar-refractivity contribution in [2.75, 3.05) is 13.1 Å². The van der Waals surface area contributed by atoms with Gasteiger partial charge in [0.05, 0.1) is 5.52 Å². The van der Waals surface area contributed by atoms with Gasteiger partial charge in [-0.05, 0) is 55.8 Å². The van der Waals surface area contributed by atoms with Crippen molar-refractivity contribution in [3.8, 4) is 0 Å². The molecule has 1 saturated heterocycles. The molecule has 1 aliphatic heterocycles. The molecule has 0 saturated carbocycles. The van der Waals surface area contributed by atoms with Crippen LogP contribution in [0.2, 0.25) is 0 Å². The SMILES string of the molecule is CCC=CC(=O)OCn1c(=O)c(C2CCNCC2)cc2ccccc21. The molecule has 132 valence electrons. The minimum atomic E-state index is -0.426. The monoisotopic (exact) mass is 340 g/mol. The summed E-state index contributed by atoms with van der Waals surface area (Å²) in [6.45, 7) is 3.73. The number of nitrogens with one attached hydrogen (secondary N) is 1. The molecular formula is C20H24N2O3. The number of carbonyl (C=O) groups excluding carboxylic acids is 1. The van der Waals surface area contributed by atoms with Gasteiger partial charge in [-0.3, -0.25) is 9.36 Å². The van der Waals surface area contributed by atoms with Gasteiger partial charge in [0.1, 0.15) is 0 Å². The van der Waals surface area contributed by atoms with Crippen LogP contribution in [0, 0.1) is 0 Å². The Balaban J connectivity index is 1.97. The minimum Gasteiger partial charge on any atom is -0.441 e. The third-order valence-corrected chi connectivity index (χ3v) is 4.64. The average molecular weight is 340 g/mol. The summed E-state index contributed by atoms with van der Waals surface area (Å²) in [5.41, 5.74) is 1.55.